The first kappa shape index (κ1) is 19.7. The Labute approximate surface area is 176 Å². The normalized spacial score (nSPS) is 17.2. The molecule has 0 aromatic heterocycles. The van der Waals surface area contributed by atoms with E-state index in [-0.39, 0.29) is 22.7 Å². The lowest BCUT2D eigenvalue weighted by molar-refractivity contribution is 0.0990. The number of anilines is 1. The highest BCUT2D eigenvalue weighted by atomic mass is 35.5. The maximum atomic E-state index is 12.7. The van der Waals surface area contributed by atoms with Crippen LogP contribution in [0.3, 0.4) is 0 Å². The molecule has 0 saturated carbocycles. The molecule has 4 rings (SSSR count). The molecule has 0 unspecified atom stereocenters. The molecule has 0 amide bonds. The van der Waals surface area contributed by atoms with Gasteiger partial charge in [0.2, 0.25) is 0 Å². The second-order valence-corrected chi connectivity index (χ2v) is 8.69. The van der Waals surface area contributed by atoms with Gasteiger partial charge in [-0.25, -0.2) is 0 Å². The van der Waals surface area contributed by atoms with Crippen LogP contribution in [0, 0.1) is 0 Å². The van der Waals surface area contributed by atoms with Gasteiger partial charge in [0.15, 0.2) is 11.6 Å². The molecule has 1 aliphatic heterocycles. The van der Waals surface area contributed by atoms with Crippen LogP contribution in [0.5, 0.6) is 0 Å². The summed E-state index contributed by atoms with van der Waals surface area (Å²) in [6, 6.07) is 10.9. The lowest BCUT2D eigenvalue weighted by Crippen LogP contribution is -2.45. The summed E-state index contributed by atoms with van der Waals surface area (Å²) in [6.07, 6.45) is 4.93. The summed E-state index contributed by atoms with van der Waals surface area (Å²) in [5.74, 6) is -0.471. The average molecular weight is 406 g/mol. The van der Waals surface area contributed by atoms with E-state index in [0.717, 1.165) is 24.2 Å². The zero-order valence-corrected chi connectivity index (χ0v) is 17.9. The van der Waals surface area contributed by atoms with E-state index in [1.54, 1.807) is 30.3 Å². The Morgan fingerprint density at radius 1 is 1.03 bits per heavy atom. The minimum Gasteiger partial charge on any atom is -0.362 e. The fourth-order valence-electron chi connectivity index (χ4n) is 4.42. The lowest BCUT2D eigenvalue weighted by Gasteiger charge is -2.43. The highest BCUT2D eigenvalue weighted by Crippen LogP contribution is 2.42. The topological polar surface area (TPSA) is 37.4 Å². The number of benzene rings is 2. The maximum Gasteiger partial charge on any atom is 0.197 e. The summed E-state index contributed by atoms with van der Waals surface area (Å²) in [6.45, 7) is 9.58. The summed E-state index contributed by atoms with van der Waals surface area (Å²) < 4.78 is 0. The van der Waals surface area contributed by atoms with E-state index in [2.05, 4.69) is 38.7 Å². The van der Waals surface area contributed by atoms with Crippen molar-refractivity contribution in [2.24, 2.45) is 0 Å². The zero-order chi connectivity index (χ0) is 20.9. The predicted octanol–water partition coefficient (Wildman–Crippen LogP) is 6.21. The van der Waals surface area contributed by atoms with Crippen LogP contribution in [0.15, 0.2) is 48.0 Å². The Kier molecular flexibility index (Phi) is 4.74. The molecule has 2 aromatic rings. The van der Waals surface area contributed by atoms with Gasteiger partial charge in [-0.1, -0.05) is 48.9 Å². The molecule has 0 spiro atoms. The predicted molar refractivity (Wildman–Crippen MR) is 120 cm³/mol. The van der Waals surface area contributed by atoms with Crippen molar-refractivity contribution in [3.05, 3.63) is 75.3 Å². The van der Waals surface area contributed by atoms with Crippen molar-refractivity contribution in [3.63, 3.8) is 0 Å². The molecule has 0 atom stereocenters. The van der Waals surface area contributed by atoms with Crippen LogP contribution in [0.25, 0.3) is 11.6 Å². The van der Waals surface area contributed by atoms with Crippen LogP contribution in [-0.4, -0.2) is 23.7 Å². The molecule has 2 aliphatic rings. The van der Waals surface area contributed by atoms with E-state index in [1.165, 1.54) is 5.57 Å². The van der Waals surface area contributed by atoms with E-state index < -0.39 is 0 Å². The van der Waals surface area contributed by atoms with Gasteiger partial charge in [-0.15, -0.1) is 0 Å². The van der Waals surface area contributed by atoms with Crippen molar-refractivity contribution < 1.29 is 9.59 Å². The number of allylic oxidation sites excluding steroid dienone is 2. The third kappa shape index (κ3) is 3.14. The maximum absolute atomic E-state index is 12.7. The van der Waals surface area contributed by atoms with Crippen LogP contribution in [0.4, 0.5) is 5.69 Å². The number of nitrogens with zero attached hydrogens (tertiary/aromatic N) is 1. The van der Waals surface area contributed by atoms with Gasteiger partial charge in [0.1, 0.15) is 0 Å². The van der Waals surface area contributed by atoms with Crippen molar-refractivity contribution in [2.75, 3.05) is 11.4 Å². The third-order valence-electron chi connectivity index (χ3n) is 5.75. The van der Waals surface area contributed by atoms with Crippen LogP contribution >= 0.6 is 11.6 Å². The molecule has 1 aliphatic carbocycles. The number of Topliss-reactive ketones (excluding diaryl/α,β-unsaturated/α-hetero) is 2. The Balaban J connectivity index is 1.83. The molecule has 0 N–H and O–H groups in total. The van der Waals surface area contributed by atoms with Crippen LogP contribution < -0.4 is 4.90 Å². The van der Waals surface area contributed by atoms with E-state index in [4.69, 9.17) is 11.6 Å². The second-order valence-electron chi connectivity index (χ2n) is 8.29. The molecular formula is C25H24ClNO2. The molecule has 3 nitrogen and oxygen atoms in total. The SMILES string of the molecule is CCCN1c2cc(Cl)c(C=C3C(=O)c4ccccc4C3=O)cc2C(C)=CC1(C)C. The van der Waals surface area contributed by atoms with E-state index in [1.807, 2.05) is 12.1 Å². The molecule has 2 aromatic carbocycles. The van der Waals surface area contributed by atoms with Gasteiger partial charge in [-0.05, 0) is 56.5 Å². The number of rotatable bonds is 3. The summed E-state index contributed by atoms with van der Waals surface area (Å²) in [5.41, 5.74) is 5.04. The Morgan fingerprint density at radius 3 is 2.24 bits per heavy atom. The average Bonchev–Trinajstić information content (AvgIpc) is 2.91. The van der Waals surface area contributed by atoms with Crippen molar-refractivity contribution in [2.45, 2.75) is 39.7 Å². The number of ketones is 2. The minimum atomic E-state index is -0.236. The molecule has 0 fully saturated rings. The molecule has 0 saturated heterocycles. The van der Waals surface area contributed by atoms with Gasteiger partial charge in [-0.2, -0.15) is 0 Å². The van der Waals surface area contributed by atoms with Gasteiger partial charge in [0.05, 0.1) is 11.1 Å². The van der Waals surface area contributed by atoms with Crippen LogP contribution in [-0.2, 0) is 0 Å². The quantitative estimate of drug-likeness (QED) is 0.449. The summed E-state index contributed by atoms with van der Waals surface area (Å²) in [7, 11) is 0. The van der Waals surface area contributed by atoms with Crippen molar-refractivity contribution in [1.29, 1.82) is 0 Å². The third-order valence-corrected chi connectivity index (χ3v) is 6.08. The fourth-order valence-corrected chi connectivity index (χ4v) is 4.63. The van der Waals surface area contributed by atoms with Crippen molar-refractivity contribution >= 4 is 40.5 Å². The van der Waals surface area contributed by atoms with Gasteiger partial charge < -0.3 is 4.90 Å². The van der Waals surface area contributed by atoms with Gasteiger partial charge in [0, 0.05) is 33.9 Å². The first-order chi connectivity index (χ1) is 13.7. The number of hydrogen-bond donors (Lipinski definition) is 0. The van der Waals surface area contributed by atoms with Gasteiger partial charge in [-0.3, -0.25) is 9.59 Å². The van der Waals surface area contributed by atoms with Crippen LogP contribution in [0.2, 0.25) is 5.02 Å². The highest BCUT2D eigenvalue weighted by molar-refractivity contribution is 6.42. The number of fused-ring (bicyclic) bond motifs is 2. The summed E-state index contributed by atoms with van der Waals surface area (Å²) in [4.78, 5) is 27.9. The molecule has 29 heavy (non-hydrogen) atoms. The molecule has 148 valence electrons. The molecule has 4 heteroatoms. The Bertz CT molecular complexity index is 1070. The smallest absolute Gasteiger partial charge is 0.197 e. The lowest BCUT2D eigenvalue weighted by atomic mass is 9.87. The Morgan fingerprint density at radius 2 is 1.66 bits per heavy atom. The Hall–Kier alpha value is -2.65. The van der Waals surface area contributed by atoms with E-state index in [0.29, 0.717) is 21.7 Å². The highest BCUT2D eigenvalue weighted by Gasteiger charge is 2.34. The van der Waals surface area contributed by atoms with Crippen LogP contribution in [0.1, 0.15) is 66.0 Å². The number of hydrogen-bond acceptors (Lipinski definition) is 3. The number of carbonyl (C=O) groups is 2. The van der Waals surface area contributed by atoms with Crippen molar-refractivity contribution in [3.8, 4) is 0 Å². The summed E-state index contributed by atoms with van der Waals surface area (Å²) in [5, 5.41) is 0.541. The van der Waals surface area contributed by atoms with Gasteiger partial charge >= 0.3 is 0 Å². The molecule has 0 radical (unpaired) electrons. The molecule has 0 bridgehead atoms. The fraction of sp³-hybridized carbons (Fsp3) is 0.280. The number of halogens is 1. The largest absolute Gasteiger partial charge is 0.362 e. The monoisotopic (exact) mass is 405 g/mol. The first-order valence-corrected chi connectivity index (χ1v) is 10.3. The van der Waals surface area contributed by atoms with E-state index >= 15 is 0 Å². The van der Waals surface area contributed by atoms with E-state index in [9.17, 15) is 9.59 Å². The van der Waals surface area contributed by atoms with Crippen molar-refractivity contribution in [1.82, 2.24) is 0 Å². The zero-order valence-electron chi connectivity index (χ0n) is 17.2. The van der Waals surface area contributed by atoms with Gasteiger partial charge in [0.25, 0.3) is 0 Å². The second kappa shape index (κ2) is 7.00. The minimum absolute atomic E-state index is 0.102. The summed E-state index contributed by atoms with van der Waals surface area (Å²) >= 11 is 6.64. The molecule has 1 heterocycles. The number of carbonyl (C=O) groups excluding carboxylic acids is 2. The molecular weight excluding hydrogens is 382 g/mol. The standard InChI is InChI=1S/C25H24ClNO2/c1-5-10-27-22-13-21(26)16(11-19(22)15(2)14-25(27,3)4)12-20-23(28)17-8-6-7-9-18(17)24(20)29/h6-9,11-14H,5,10H2,1-4H3. The first-order valence-electron chi connectivity index (χ1n) is 9.95.